The summed E-state index contributed by atoms with van der Waals surface area (Å²) in [5.41, 5.74) is 0.0157. The molecule has 11 nitrogen and oxygen atoms in total. The Balaban J connectivity index is 2.04. The molecule has 0 aliphatic rings. The molecular formula is C23H25ClN2O9S. The molecule has 0 radical (unpaired) electrons. The fourth-order valence-electron chi connectivity index (χ4n) is 3.35. The van der Waals surface area contributed by atoms with E-state index in [-0.39, 0.29) is 17.9 Å². The minimum Gasteiger partial charge on any atom is -0.507 e. The predicted molar refractivity (Wildman–Crippen MR) is 129 cm³/mol. The Labute approximate surface area is 212 Å². The number of aliphatic carboxylic acids is 1. The Hall–Kier alpha value is -3.48. The van der Waals surface area contributed by atoms with E-state index in [4.69, 9.17) is 16.7 Å². The van der Waals surface area contributed by atoms with Crippen molar-refractivity contribution in [1.29, 1.82) is 0 Å². The maximum atomic E-state index is 12.8. The van der Waals surface area contributed by atoms with Gasteiger partial charge in [-0.2, -0.15) is 0 Å². The van der Waals surface area contributed by atoms with Crippen molar-refractivity contribution in [3.05, 3.63) is 58.6 Å². The van der Waals surface area contributed by atoms with E-state index in [2.05, 4.69) is 10.0 Å². The molecular weight excluding hydrogens is 516 g/mol. The lowest BCUT2D eigenvalue weighted by atomic mass is 9.92. The van der Waals surface area contributed by atoms with E-state index in [1.54, 1.807) is 24.3 Å². The van der Waals surface area contributed by atoms with Crippen molar-refractivity contribution in [2.45, 2.75) is 42.5 Å². The fraction of sp³-hybridized carbons (Fsp3) is 0.304. The lowest BCUT2D eigenvalue weighted by molar-refractivity contribution is -0.142. The van der Waals surface area contributed by atoms with Crippen LogP contribution in [0.5, 0.6) is 5.75 Å². The van der Waals surface area contributed by atoms with Crippen LogP contribution in [0.4, 0.5) is 0 Å². The van der Waals surface area contributed by atoms with Crippen LogP contribution in [0.2, 0.25) is 5.02 Å². The summed E-state index contributed by atoms with van der Waals surface area (Å²) >= 11 is 5.91. The Bertz CT molecular complexity index is 1220. The van der Waals surface area contributed by atoms with Crippen molar-refractivity contribution in [2.24, 2.45) is 0 Å². The van der Waals surface area contributed by atoms with Crippen LogP contribution in [0.25, 0.3) is 0 Å². The monoisotopic (exact) mass is 540 g/mol. The van der Waals surface area contributed by atoms with E-state index >= 15 is 0 Å². The molecule has 0 spiro atoms. The largest absolute Gasteiger partial charge is 0.507 e. The van der Waals surface area contributed by atoms with Crippen LogP contribution in [0, 0.1) is 0 Å². The number of phenols is 1. The van der Waals surface area contributed by atoms with Crippen LogP contribution in [-0.2, 0) is 24.4 Å². The number of carbonyl (C=O) groups excluding carboxylic acids is 2. The van der Waals surface area contributed by atoms with E-state index < -0.39 is 57.6 Å². The van der Waals surface area contributed by atoms with Gasteiger partial charge >= 0.3 is 11.9 Å². The molecule has 0 aliphatic heterocycles. The normalized spacial score (nSPS) is 12.9. The van der Waals surface area contributed by atoms with Crippen LogP contribution in [-0.4, -0.2) is 60.5 Å². The Morgan fingerprint density at radius 2 is 1.69 bits per heavy atom. The summed E-state index contributed by atoms with van der Waals surface area (Å²) in [6, 6.07) is 7.91. The van der Waals surface area contributed by atoms with Crippen LogP contribution in [0.1, 0.15) is 47.5 Å². The quantitative estimate of drug-likeness (QED) is 0.177. The lowest BCUT2D eigenvalue weighted by Gasteiger charge is -2.20. The zero-order valence-electron chi connectivity index (χ0n) is 18.9. The maximum absolute atomic E-state index is 12.8. The summed E-state index contributed by atoms with van der Waals surface area (Å²) in [6.07, 6.45) is 0.916. The van der Waals surface area contributed by atoms with E-state index in [9.17, 15) is 37.8 Å². The number of nitrogens with one attached hydrogen (secondary N) is 2. The van der Waals surface area contributed by atoms with Crippen LogP contribution in [0.3, 0.4) is 0 Å². The van der Waals surface area contributed by atoms with Crippen molar-refractivity contribution < 1.29 is 42.9 Å². The first-order chi connectivity index (χ1) is 17.0. The number of amides is 1. The highest BCUT2D eigenvalue weighted by Crippen LogP contribution is 2.25. The average Bonchev–Trinajstić information content (AvgIpc) is 2.81. The van der Waals surface area contributed by atoms with E-state index in [1.807, 2.05) is 0 Å². The Morgan fingerprint density at radius 3 is 2.28 bits per heavy atom. The number of carboxylic acids is 2. The van der Waals surface area contributed by atoms with Crippen molar-refractivity contribution >= 4 is 45.8 Å². The third-order valence-electron chi connectivity index (χ3n) is 5.26. The minimum absolute atomic E-state index is 0.0243. The minimum atomic E-state index is -4.06. The lowest BCUT2D eigenvalue weighted by Crippen LogP contribution is -2.43. The number of rotatable bonds is 14. The second-order valence-corrected chi connectivity index (χ2v) is 9.99. The highest BCUT2D eigenvalue weighted by Gasteiger charge is 2.26. The molecule has 0 saturated carbocycles. The highest BCUT2D eigenvalue weighted by molar-refractivity contribution is 7.89. The second-order valence-electron chi connectivity index (χ2n) is 7.78. The van der Waals surface area contributed by atoms with Gasteiger partial charge in [-0.3, -0.25) is 4.79 Å². The van der Waals surface area contributed by atoms with Gasteiger partial charge in [0.25, 0.3) is 0 Å². The first-order valence-electron chi connectivity index (χ1n) is 10.7. The van der Waals surface area contributed by atoms with Crippen molar-refractivity contribution in [3.8, 4) is 5.75 Å². The molecule has 0 heterocycles. The molecule has 2 aromatic carbocycles. The molecule has 5 N–H and O–H groups in total. The summed E-state index contributed by atoms with van der Waals surface area (Å²) in [6.45, 7) is -0.0243. The molecule has 1 amide bonds. The number of unbranched alkanes of at least 4 members (excludes halogenated alkanes) is 1. The number of carboxylic acid groups (broad SMARTS) is 2. The Kier molecular flexibility index (Phi) is 10.4. The van der Waals surface area contributed by atoms with Crippen molar-refractivity contribution in [2.75, 3.05) is 6.54 Å². The first kappa shape index (κ1) is 28.8. The summed E-state index contributed by atoms with van der Waals surface area (Å²) in [4.78, 5) is 45.7. The molecule has 13 heteroatoms. The number of sulfonamides is 1. The van der Waals surface area contributed by atoms with E-state index in [0.717, 1.165) is 18.2 Å². The van der Waals surface area contributed by atoms with Crippen LogP contribution in [0.15, 0.2) is 47.4 Å². The SMILES string of the molecule is O=CC[C@H](NC(=O)C(CCCCNS(=O)(=O)c1ccc(O)c(C(=O)O)c1)c1ccc(Cl)cc1)C(=O)O. The number of aldehydes is 1. The first-order valence-corrected chi connectivity index (χ1v) is 12.6. The number of carbonyl (C=O) groups is 4. The average molecular weight is 541 g/mol. The molecule has 0 saturated heterocycles. The second kappa shape index (κ2) is 13.0. The van der Waals surface area contributed by atoms with Crippen molar-refractivity contribution in [3.63, 3.8) is 0 Å². The van der Waals surface area contributed by atoms with Crippen LogP contribution >= 0.6 is 11.6 Å². The van der Waals surface area contributed by atoms with Crippen molar-refractivity contribution in [1.82, 2.24) is 10.0 Å². The number of benzene rings is 2. The highest BCUT2D eigenvalue weighted by atomic mass is 35.5. The van der Waals surface area contributed by atoms with Gasteiger partial charge in [0.15, 0.2) is 0 Å². The third-order valence-corrected chi connectivity index (χ3v) is 6.97. The van der Waals surface area contributed by atoms with E-state index in [1.165, 1.54) is 0 Å². The molecule has 0 aromatic heterocycles. The van der Waals surface area contributed by atoms with E-state index in [0.29, 0.717) is 29.7 Å². The third kappa shape index (κ3) is 8.04. The van der Waals surface area contributed by atoms with Gasteiger partial charge in [-0.1, -0.05) is 30.2 Å². The predicted octanol–water partition coefficient (Wildman–Crippen LogP) is 2.13. The Morgan fingerprint density at radius 1 is 1.03 bits per heavy atom. The fourth-order valence-corrected chi connectivity index (χ4v) is 4.58. The standard InChI is InChI=1S/C23H25ClN2O9S/c24-15-6-4-14(5-7-15)17(21(29)26-19(10-12-27)23(32)33)3-1-2-11-25-36(34,35)16-8-9-20(28)18(13-16)22(30)31/h4-9,12-13,17,19,25,28H,1-3,10-11H2,(H,26,29)(H,30,31)(H,32,33)/t17?,19-/m0/s1. The topological polar surface area (TPSA) is 187 Å². The summed E-state index contributed by atoms with van der Waals surface area (Å²) < 4.78 is 27.3. The molecule has 0 aliphatic carbocycles. The summed E-state index contributed by atoms with van der Waals surface area (Å²) in [5.74, 6) is -4.76. The zero-order chi connectivity index (χ0) is 26.9. The van der Waals surface area contributed by atoms with Gasteiger partial charge in [-0.05, 0) is 48.7 Å². The van der Waals surface area contributed by atoms with Gasteiger partial charge in [-0.25, -0.2) is 22.7 Å². The summed E-state index contributed by atoms with van der Waals surface area (Å²) in [5, 5.41) is 30.6. The molecule has 2 atom stereocenters. The van der Waals surface area contributed by atoms with Crippen LogP contribution < -0.4 is 10.0 Å². The van der Waals surface area contributed by atoms with Gasteiger partial charge < -0.3 is 25.4 Å². The van der Waals surface area contributed by atoms with Gasteiger partial charge in [0.2, 0.25) is 15.9 Å². The number of halogens is 1. The zero-order valence-corrected chi connectivity index (χ0v) is 20.5. The molecule has 1 unspecified atom stereocenters. The number of aromatic hydroxyl groups is 1. The molecule has 36 heavy (non-hydrogen) atoms. The van der Waals surface area contributed by atoms with Gasteiger partial charge in [0, 0.05) is 18.0 Å². The molecule has 2 rings (SSSR count). The summed E-state index contributed by atoms with van der Waals surface area (Å²) in [7, 11) is -4.06. The number of hydrogen-bond acceptors (Lipinski definition) is 7. The molecule has 2 aromatic rings. The number of aromatic carboxylic acids is 1. The van der Waals surface area contributed by atoms with Gasteiger partial charge in [0.1, 0.15) is 23.6 Å². The number of hydrogen-bond donors (Lipinski definition) is 5. The molecule has 0 bridgehead atoms. The smallest absolute Gasteiger partial charge is 0.339 e. The van der Waals surface area contributed by atoms with Gasteiger partial charge in [-0.15, -0.1) is 0 Å². The van der Waals surface area contributed by atoms with Gasteiger partial charge in [0.05, 0.1) is 10.8 Å². The molecule has 0 fully saturated rings. The maximum Gasteiger partial charge on any atom is 0.339 e. The molecule has 194 valence electrons.